The summed E-state index contributed by atoms with van der Waals surface area (Å²) in [6, 6.07) is 68.6. The van der Waals surface area contributed by atoms with E-state index < -0.39 is 0 Å². The first-order valence-electron chi connectivity index (χ1n) is 18.7. The molecule has 1 aromatic heterocycles. The van der Waals surface area contributed by atoms with E-state index in [-0.39, 0.29) is 0 Å². The van der Waals surface area contributed by atoms with E-state index in [1.807, 2.05) is 0 Å². The molecule has 1 aliphatic heterocycles. The van der Waals surface area contributed by atoms with Crippen molar-refractivity contribution >= 4 is 28.1 Å². The number of nitrogens with zero attached hydrogens (tertiary/aromatic N) is 3. The van der Waals surface area contributed by atoms with Crippen molar-refractivity contribution in [3.05, 3.63) is 210 Å². The fraction of sp³-hybridized carbons (Fsp3) is 0.0392. The Morgan fingerprint density at radius 1 is 0.370 bits per heavy atom. The second-order valence-corrected chi connectivity index (χ2v) is 14.4. The van der Waals surface area contributed by atoms with Crippen LogP contribution in [0.5, 0.6) is 0 Å². The predicted octanol–water partition coefficient (Wildman–Crippen LogP) is 13.0. The Bertz CT molecular complexity index is 2890. The van der Waals surface area contributed by atoms with Crippen molar-refractivity contribution in [2.45, 2.75) is 12.8 Å². The van der Waals surface area contributed by atoms with Crippen molar-refractivity contribution in [2.24, 2.45) is 0 Å². The van der Waals surface area contributed by atoms with Gasteiger partial charge in [0.1, 0.15) is 5.82 Å². The Kier molecular flexibility index (Phi) is 6.99. The molecule has 3 nitrogen and oxygen atoms in total. The topological polar surface area (TPSA) is 21.1 Å². The van der Waals surface area contributed by atoms with Gasteiger partial charge in [-0.05, 0) is 105 Å². The van der Waals surface area contributed by atoms with E-state index in [4.69, 9.17) is 4.98 Å². The fourth-order valence-electron chi connectivity index (χ4n) is 8.77. The molecule has 0 radical (unpaired) electrons. The molecule has 3 heteroatoms. The molecular formula is C51H35N3. The van der Waals surface area contributed by atoms with Gasteiger partial charge in [0, 0.05) is 11.3 Å². The average molecular weight is 690 g/mol. The normalized spacial score (nSPS) is 12.6. The molecule has 2 aliphatic rings. The Balaban J connectivity index is 1.12. The first-order valence-corrected chi connectivity index (χ1v) is 18.7. The molecule has 0 amide bonds. The lowest BCUT2D eigenvalue weighted by atomic mass is 9.83. The van der Waals surface area contributed by atoms with Gasteiger partial charge in [0.15, 0.2) is 0 Å². The first-order chi connectivity index (χ1) is 26.8. The number of aromatic nitrogens is 2. The maximum Gasteiger partial charge on any atom is 0.145 e. The SMILES string of the molecule is c1ccc(-c2nc3cccc4c3n2-c2ccc(-c3ccc5c(c3)Cc3ccccc3-c3ccccc3Cc3ccccc3-5)cc2N4c2ccccc2)cc1. The highest BCUT2D eigenvalue weighted by atomic mass is 15.2. The quantitative estimate of drug-likeness (QED) is 0.184. The van der Waals surface area contributed by atoms with E-state index in [2.05, 4.69) is 198 Å². The highest BCUT2D eigenvalue weighted by Gasteiger charge is 2.30. The van der Waals surface area contributed by atoms with E-state index in [1.165, 1.54) is 55.6 Å². The second kappa shape index (κ2) is 12.3. The minimum absolute atomic E-state index is 0.837. The largest absolute Gasteiger partial charge is 0.306 e. The number of benzene rings is 8. The molecule has 2 heterocycles. The van der Waals surface area contributed by atoms with Gasteiger partial charge >= 0.3 is 0 Å². The lowest BCUT2D eigenvalue weighted by Gasteiger charge is -2.33. The molecule has 11 rings (SSSR count). The third-order valence-corrected chi connectivity index (χ3v) is 11.2. The van der Waals surface area contributed by atoms with Gasteiger partial charge in [0.25, 0.3) is 0 Å². The van der Waals surface area contributed by atoms with Crippen molar-refractivity contribution in [1.82, 2.24) is 9.55 Å². The van der Waals surface area contributed by atoms with Crippen LogP contribution in [-0.4, -0.2) is 9.55 Å². The van der Waals surface area contributed by atoms with Crippen LogP contribution in [0.2, 0.25) is 0 Å². The van der Waals surface area contributed by atoms with Crippen LogP contribution < -0.4 is 4.90 Å². The maximum atomic E-state index is 5.23. The molecule has 9 aromatic rings. The third kappa shape index (κ3) is 4.86. The molecule has 0 atom stereocenters. The first kappa shape index (κ1) is 30.6. The van der Waals surface area contributed by atoms with Crippen molar-refractivity contribution in [1.29, 1.82) is 0 Å². The maximum absolute atomic E-state index is 5.23. The molecule has 0 saturated carbocycles. The van der Waals surface area contributed by atoms with Crippen LogP contribution >= 0.6 is 0 Å². The van der Waals surface area contributed by atoms with Crippen LogP contribution in [0.4, 0.5) is 17.1 Å². The Morgan fingerprint density at radius 3 is 1.61 bits per heavy atom. The highest BCUT2D eigenvalue weighted by molar-refractivity contribution is 6.03. The number of hydrogen-bond acceptors (Lipinski definition) is 2. The summed E-state index contributed by atoms with van der Waals surface area (Å²) < 4.78 is 2.36. The van der Waals surface area contributed by atoms with Gasteiger partial charge in [0.05, 0.1) is 28.1 Å². The number of hydrogen-bond donors (Lipinski definition) is 0. The molecule has 1 aliphatic carbocycles. The summed E-state index contributed by atoms with van der Waals surface area (Å²) in [7, 11) is 0. The lowest BCUT2D eigenvalue weighted by Crippen LogP contribution is -2.18. The molecule has 0 fully saturated rings. The molecule has 0 bridgehead atoms. The summed E-state index contributed by atoms with van der Waals surface area (Å²) in [5.41, 5.74) is 20.7. The number of imidazole rings is 1. The Morgan fingerprint density at radius 2 is 0.926 bits per heavy atom. The van der Waals surface area contributed by atoms with Gasteiger partial charge in [-0.1, -0.05) is 152 Å². The van der Waals surface area contributed by atoms with E-state index in [1.54, 1.807) is 0 Å². The smallest absolute Gasteiger partial charge is 0.145 e. The molecule has 8 aromatic carbocycles. The molecule has 0 unspecified atom stereocenters. The van der Waals surface area contributed by atoms with Crippen LogP contribution in [0, 0.1) is 0 Å². The van der Waals surface area contributed by atoms with Gasteiger partial charge in [-0.2, -0.15) is 0 Å². The zero-order chi connectivity index (χ0) is 35.6. The number of anilines is 3. The molecule has 0 spiro atoms. The molecular weight excluding hydrogens is 655 g/mol. The van der Waals surface area contributed by atoms with Crippen LogP contribution in [0.15, 0.2) is 188 Å². The molecule has 0 N–H and O–H groups in total. The summed E-state index contributed by atoms with van der Waals surface area (Å²) in [4.78, 5) is 7.63. The minimum atomic E-state index is 0.837. The standard InChI is InChI=1S/C51H35N3/c1-3-14-34(15-4-1)51-52-46-24-13-25-48-50(46)54(51)47-29-27-36(33-49(47)53(48)41-19-5-2-6-20-41)35-26-28-45-40(30-35)32-39-18-9-11-22-43(39)42-21-10-7-16-37(42)31-38-17-8-12-23-44(38)45/h1-30,33H,31-32H2. The average Bonchev–Trinajstić information content (AvgIpc) is 3.63. The van der Waals surface area contributed by atoms with Gasteiger partial charge in [-0.25, -0.2) is 4.98 Å². The van der Waals surface area contributed by atoms with E-state index in [0.717, 1.165) is 58.0 Å². The Hall–Kier alpha value is -6.97. The second-order valence-electron chi connectivity index (χ2n) is 14.4. The summed E-state index contributed by atoms with van der Waals surface area (Å²) in [6.07, 6.45) is 1.72. The van der Waals surface area contributed by atoms with Crippen LogP contribution in [0.25, 0.3) is 61.5 Å². The zero-order valence-electron chi connectivity index (χ0n) is 29.7. The van der Waals surface area contributed by atoms with Gasteiger partial charge in [-0.15, -0.1) is 0 Å². The van der Waals surface area contributed by atoms with Crippen molar-refractivity contribution in [3.8, 4) is 50.5 Å². The number of rotatable bonds is 3. The summed E-state index contributed by atoms with van der Waals surface area (Å²) in [6.45, 7) is 0. The van der Waals surface area contributed by atoms with Crippen molar-refractivity contribution in [2.75, 3.05) is 4.90 Å². The predicted molar refractivity (Wildman–Crippen MR) is 223 cm³/mol. The molecule has 254 valence electrons. The Labute approximate surface area is 315 Å². The summed E-state index contributed by atoms with van der Waals surface area (Å²) in [5.74, 6) is 0.951. The minimum Gasteiger partial charge on any atom is -0.306 e. The van der Waals surface area contributed by atoms with Crippen LogP contribution in [0.3, 0.4) is 0 Å². The fourth-order valence-corrected chi connectivity index (χ4v) is 8.77. The van der Waals surface area contributed by atoms with Gasteiger partial charge in [0.2, 0.25) is 0 Å². The van der Waals surface area contributed by atoms with Gasteiger partial charge in [-0.3, -0.25) is 4.57 Å². The number of fused-ring (bicyclic) bond motifs is 8. The molecule has 54 heavy (non-hydrogen) atoms. The van der Waals surface area contributed by atoms with Crippen LogP contribution in [-0.2, 0) is 12.8 Å². The van der Waals surface area contributed by atoms with Crippen molar-refractivity contribution in [3.63, 3.8) is 0 Å². The highest BCUT2D eigenvalue weighted by Crippen LogP contribution is 2.49. The number of para-hydroxylation sites is 2. The summed E-state index contributed by atoms with van der Waals surface area (Å²) in [5, 5.41) is 0. The van der Waals surface area contributed by atoms with E-state index >= 15 is 0 Å². The van der Waals surface area contributed by atoms with E-state index in [0.29, 0.717) is 0 Å². The van der Waals surface area contributed by atoms with E-state index in [9.17, 15) is 0 Å². The lowest BCUT2D eigenvalue weighted by molar-refractivity contribution is 1.06. The third-order valence-electron chi connectivity index (χ3n) is 11.2. The van der Waals surface area contributed by atoms with Gasteiger partial charge < -0.3 is 4.90 Å². The molecule has 0 saturated heterocycles. The zero-order valence-corrected chi connectivity index (χ0v) is 29.7. The van der Waals surface area contributed by atoms with Crippen molar-refractivity contribution < 1.29 is 0 Å². The monoisotopic (exact) mass is 689 g/mol. The summed E-state index contributed by atoms with van der Waals surface area (Å²) >= 11 is 0. The van der Waals surface area contributed by atoms with Crippen LogP contribution in [0.1, 0.15) is 22.3 Å².